The molecular formula is C29H32ClF3N8O5. The molecular weight excluding hydrogens is 633 g/mol. The Morgan fingerprint density at radius 2 is 1.61 bits per heavy atom. The number of anilines is 4. The van der Waals surface area contributed by atoms with Crippen molar-refractivity contribution in [2.45, 2.75) is 43.4 Å². The third-order valence-electron chi connectivity index (χ3n) is 6.83. The number of amides is 2. The molecule has 13 nitrogen and oxygen atoms in total. The Hall–Kier alpha value is -4.86. The van der Waals surface area contributed by atoms with E-state index in [0.29, 0.717) is 29.2 Å². The van der Waals surface area contributed by atoms with E-state index in [2.05, 4.69) is 41.5 Å². The van der Waals surface area contributed by atoms with Crippen LogP contribution in [0.4, 0.5) is 36.4 Å². The van der Waals surface area contributed by atoms with E-state index >= 15 is 0 Å². The van der Waals surface area contributed by atoms with Gasteiger partial charge in [0.15, 0.2) is 6.61 Å². The fourth-order valence-electron chi connectivity index (χ4n) is 4.35. The molecule has 0 saturated heterocycles. The molecule has 0 bridgehead atoms. The van der Waals surface area contributed by atoms with Crippen LogP contribution in [0.25, 0.3) is 0 Å². The molecule has 0 aliphatic heterocycles. The number of rotatable bonds is 14. The predicted molar refractivity (Wildman–Crippen MR) is 163 cm³/mol. The average Bonchev–Trinajstić information content (AvgIpc) is 3.81. The zero-order valence-electron chi connectivity index (χ0n) is 24.8. The summed E-state index contributed by atoms with van der Waals surface area (Å²) in [5, 5.41) is 14.5. The second-order valence-corrected chi connectivity index (χ2v) is 10.7. The van der Waals surface area contributed by atoms with Crippen molar-refractivity contribution in [1.29, 1.82) is 0 Å². The minimum Gasteiger partial charge on any atom is -0.467 e. The molecule has 0 spiro atoms. The summed E-state index contributed by atoms with van der Waals surface area (Å²) >= 11 is 6.02. The summed E-state index contributed by atoms with van der Waals surface area (Å²) in [5.74, 6) is -2.11. The Balaban J connectivity index is 1.44. The van der Waals surface area contributed by atoms with E-state index in [4.69, 9.17) is 21.1 Å². The van der Waals surface area contributed by atoms with Crippen molar-refractivity contribution >= 4 is 52.7 Å². The highest BCUT2D eigenvalue weighted by Crippen LogP contribution is 2.48. The summed E-state index contributed by atoms with van der Waals surface area (Å²) in [7, 11) is 2.60. The Labute approximate surface area is 267 Å². The fourth-order valence-corrected chi connectivity index (χ4v) is 4.47. The Bertz CT molecular complexity index is 1520. The number of carbonyl (C=O) groups excluding carboxylic acids is 3. The van der Waals surface area contributed by atoms with Crippen molar-refractivity contribution in [3.05, 3.63) is 59.1 Å². The smallest absolute Gasteiger partial charge is 0.422 e. The monoisotopic (exact) mass is 664 g/mol. The number of esters is 1. The van der Waals surface area contributed by atoms with Gasteiger partial charge in [-0.2, -0.15) is 28.1 Å². The van der Waals surface area contributed by atoms with Crippen molar-refractivity contribution < 1.29 is 37.0 Å². The van der Waals surface area contributed by atoms with Crippen molar-refractivity contribution in [2.24, 2.45) is 0 Å². The average molecular weight is 665 g/mol. The molecule has 4 rings (SSSR count). The Kier molecular flexibility index (Phi) is 11.1. The van der Waals surface area contributed by atoms with Crippen molar-refractivity contribution in [3.8, 4) is 6.01 Å². The summed E-state index contributed by atoms with van der Waals surface area (Å²) in [4.78, 5) is 47.6. The SMILES string of the molecule is CNC(=O)C(=O)NCCCC(Nc1ccc(Nc2nc(NC3(c4ccc(Cl)cc4)CC3)nc(OCC(F)(F)F)n2)cc1)C(=O)OC. The summed E-state index contributed by atoms with van der Waals surface area (Å²) in [6, 6.07) is 12.5. The molecule has 1 heterocycles. The fraction of sp³-hybridized carbons (Fsp3) is 0.379. The van der Waals surface area contributed by atoms with Crippen LogP contribution in [-0.2, 0) is 24.7 Å². The van der Waals surface area contributed by atoms with Gasteiger partial charge in [0.25, 0.3) is 0 Å². The van der Waals surface area contributed by atoms with E-state index < -0.39 is 48.2 Å². The first-order chi connectivity index (χ1) is 21.9. The van der Waals surface area contributed by atoms with E-state index in [9.17, 15) is 27.6 Å². The first-order valence-corrected chi connectivity index (χ1v) is 14.5. The van der Waals surface area contributed by atoms with Gasteiger partial charge in [-0.1, -0.05) is 23.7 Å². The number of nitrogens with zero attached hydrogens (tertiary/aromatic N) is 3. The van der Waals surface area contributed by atoms with E-state index in [0.717, 1.165) is 18.4 Å². The van der Waals surface area contributed by atoms with Crippen LogP contribution >= 0.6 is 11.6 Å². The van der Waals surface area contributed by atoms with Crippen molar-refractivity contribution in [1.82, 2.24) is 25.6 Å². The van der Waals surface area contributed by atoms with Crippen LogP contribution in [0.2, 0.25) is 5.02 Å². The van der Waals surface area contributed by atoms with Crippen LogP contribution < -0.4 is 31.3 Å². The second kappa shape index (κ2) is 14.9. The number of hydrogen-bond acceptors (Lipinski definition) is 11. The Morgan fingerprint density at radius 1 is 0.957 bits per heavy atom. The maximum absolute atomic E-state index is 12.9. The van der Waals surface area contributed by atoms with Gasteiger partial charge in [0.2, 0.25) is 11.9 Å². The first kappa shape index (κ1) is 34.0. The molecule has 46 heavy (non-hydrogen) atoms. The van der Waals surface area contributed by atoms with Gasteiger partial charge in [0.05, 0.1) is 12.6 Å². The van der Waals surface area contributed by atoms with Gasteiger partial charge in [0, 0.05) is 30.0 Å². The highest BCUT2D eigenvalue weighted by atomic mass is 35.5. The zero-order chi connectivity index (χ0) is 33.3. The standard InChI is InChI=1S/C29H32ClF3N8O5/c1-34-22(42)23(43)35-15-3-4-21(24(44)45-2)36-19-9-11-20(12-10-19)37-25-38-26(40-27(39-25)46-16-29(31,32)33)41-28(13-14-28)17-5-7-18(30)8-6-17/h5-12,21,36H,3-4,13-16H2,1-2H3,(H,34,42)(H,35,43)(H2,37,38,39,40,41). The third kappa shape index (κ3) is 9.82. The molecule has 246 valence electrons. The number of ether oxygens (including phenoxy) is 2. The van der Waals surface area contributed by atoms with Gasteiger partial charge >= 0.3 is 30.0 Å². The largest absolute Gasteiger partial charge is 0.467 e. The van der Waals surface area contributed by atoms with Gasteiger partial charge in [-0.25, -0.2) is 4.79 Å². The molecule has 1 aliphatic carbocycles. The number of carbonyl (C=O) groups is 3. The summed E-state index contributed by atoms with van der Waals surface area (Å²) in [5.41, 5.74) is 1.45. The Morgan fingerprint density at radius 3 is 2.22 bits per heavy atom. The van der Waals surface area contributed by atoms with E-state index in [-0.39, 0.29) is 18.4 Å². The van der Waals surface area contributed by atoms with Crippen LogP contribution in [0.15, 0.2) is 48.5 Å². The summed E-state index contributed by atoms with van der Waals surface area (Å²) < 4.78 is 48.4. The molecule has 0 radical (unpaired) electrons. The number of methoxy groups -OCH3 is 1. The van der Waals surface area contributed by atoms with Crippen molar-refractivity contribution in [2.75, 3.05) is 43.3 Å². The van der Waals surface area contributed by atoms with Crippen LogP contribution in [-0.4, -0.2) is 72.3 Å². The number of likely N-dealkylation sites (N-methyl/N-ethyl adjacent to an activating group) is 1. The van der Waals surface area contributed by atoms with Gasteiger partial charge in [-0.15, -0.1) is 0 Å². The molecule has 2 aromatic carbocycles. The molecule has 3 aromatic rings. The van der Waals surface area contributed by atoms with E-state index in [1.54, 1.807) is 36.4 Å². The normalized spacial score (nSPS) is 14.0. The minimum absolute atomic E-state index is 0.0212. The van der Waals surface area contributed by atoms with Crippen LogP contribution in [0.3, 0.4) is 0 Å². The van der Waals surface area contributed by atoms with E-state index in [1.807, 2.05) is 12.1 Å². The minimum atomic E-state index is -4.60. The molecule has 1 unspecified atom stereocenters. The molecule has 1 fully saturated rings. The number of nitrogens with one attached hydrogen (secondary N) is 5. The van der Waals surface area contributed by atoms with Crippen molar-refractivity contribution in [3.63, 3.8) is 0 Å². The lowest BCUT2D eigenvalue weighted by atomic mass is 10.1. The molecule has 1 aliphatic rings. The quantitative estimate of drug-likeness (QED) is 0.0963. The maximum atomic E-state index is 12.9. The highest BCUT2D eigenvalue weighted by molar-refractivity contribution is 6.35. The number of alkyl halides is 3. The highest BCUT2D eigenvalue weighted by Gasteiger charge is 2.45. The van der Waals surface area contributed by atoms with Crippen LogP contribution in [0.5, 0.6) is 6.01 Å². The molecule has 1 aromatic heterocycles. The molecule has 2 amide bonds. The van der Waals surface area contributed by atoms with Crippen LogP contribution in [0.1, 0.15) is 31.2 Å². The first-order valence-electron chi connectivity index (χ1n) is 14.1. The van der Waals surface area contributed by atoms with Gasteiger partial charge in [0.1, 0.15) is 6.04 Å². The molecule has 1 saturated carbocycles. The zero-order valence-corrected chi connectivity index (χ0v) is 25.6. The van der Waals surface area contributed by atoms with Gasteiger partial charge in [-0.3, -0.25) is 9.59 Å². The van der Waals surface area contributed by atoms with E-state index in [1.165, 1.54) is 14.2 Å². The maximum Gasteiger partial charge on any atom is 0.422 e. The topological polar surface area (TPSA) is 168 Å². The molecule has 5 N–H and O–H groups in total. The number of halogens is 4. The molecule has 17 heteroatoms. The number of benzene rings is 2. The van der Waals surface area contributed by atoms with Gasteiger partial charge < -0.3 is 36.1 Å². The summed E-state index contributed by atoms with van der Waals surface area (Å²) in [6.07, 6.45) is -2.44. The van der Waals surface area contributed by atoms with Gasteiger partial charge in [-0.05, 0) is 67.6 Å². The molecule has 1 atom stereocenters. The lowest BCUT2D eigenvalue weighted by Crippen LogP contribution is -2.39. The van der Waals surface area contributed by atoms with Crippen LogP contribution in [0, 0.1) is 0 Å². The lowest BCUT2D eigenvalue weighted by molar-refractivity contribution is -0.154. The summed E-state index contributed by atoms with van der Waals surface area (Å²) in [6.45, 7) is -1.41. The number of hydrogen-bond donors (Lipinski definition) is 5. The predicted octanol–water partition coefficient (Wildman–Crippen LogP) is 3.91. The lowest BCUT2D eigenvalue weighted by Gasteiger charge is -2.19. The third-order valence-corrected chi connectivity index (χ3v) is 7.09. The second-order valence-electron chi connectivity index (χ2n) is 10.3. The number of aromatic nitrogens is 3.